The van der Waals surface area contributed by atoms with Crippen LogP contribution in [0, 0.1) is 0 Å². The van der Waals surface area contributed by atoms with E-state index in [0.717, 1.165) is 72.3 Å². The van der Waals surface area contributed by atoms with Crippen LogP contribution in [-0.4, -0.2) is 24.5 Å². The zero-order chi connectivity index (χ0) is 34.4. The summed E-state index contributed by atoms with van der Waals surface area (Å²) in [6, 6.07) is 59.7. The van der Waals surface area contributed by atoms with Crippen molar-refractivity contribution in [3.63, 3.8) is 0 Å². The lowest BCUT2D eigenvalue weighted by Crippen LogP contribution is -2.00. The monoisotopic (exact) mass is 667 g/mol. The summed E-state index contributed by atoms with van der Waals surface area (Å²) in [7, 11) is 0. The number of imidazole rings is 1. The van der Waals surface area contributed by atoms with Crippen molar-refractivity contribution < 1.29 is 4.42 Å². The third-order valence-electron chi connectivity index (χ3n) is 9.46. The second-order valence-electron chi connectivity index (χ2n) is 12.7. The van der Waals surface area contributed by atoms with Gasteiger partial charge in [-0.3, -0.25) is 4.57 Å². The Balaban J connectivity index is 1.27. The molecule has 0 aliphatic rings. The summed E-state index contributed by atoms with van der Waals surface area (Å²) in [5, 5.41) is 1.96. The first kappa shape index (κ1) is 29.7. The molecule has 0 radical (unpaired) electrons. The quantitative estimate of drug-likeness (QED) is 0.176. The summed E-state index contributed by atoms with van der Waals surface area (Å²) in [6.07, 6.45) is 0. The van der Waals surface area contributed by atoms with Crippen molar-refractivity contribution in [2.45, 2.75) is 0 Å². The second-order valence-corrected chi connectivity index (χ2v) is 12.7. The minimum absolute atomic E-state index is 0.540. The highest BCUT2D eigenvalue weighted by atomic mass is 16.3. The number of nitrogens with zero attached hydrogens (tertiary/aromatic N) is 5. The zero-order valence-electron chi connectivity index (χ0n) is 27.9. The van der Waals surface area contributed by atoms with Crippen molar-refractivity contribution in [2.24, 2.45) is 0 Å². The van der Waals surface area contributed by atoms with Crippen molar-refractivity contribution in [1.29, 1.82) is 0 Å². The lowest BCUT2D eigenvalue weighted by molar-refractivity contribution is 0.670. The van der Waals surface area contributed by atoms with E-state index in [2.05, 4.69) is 95.6 Å². The molecule has 0 bridgehead atoms. The maximum absolute atomic E-state index is 7.04. The number of para-hydroxylation sites is 4. The SMILES string of the molecule is c1ccc(-c2cc(-c3nc4ccccc4n3-c3ccccc3)c3oc4c(-c5nc(-c6ccccc6)nc(-c6ccccc6)n5)cccc4c3c2)cc1. The van der Waals surface area contributed by atoms with E-state index in [1.807, 2.05) is 84.9 Å². The van der Waals surface area contributed by atoms with Crippen molar-refractivity contribution in [3.8, 4) is 62.4 Å². The molecule has 0 unspecified atom stereocenters. The summed E-state index contributed by atoms with van der Waals surface area (Å²) >= 11 is 0. The molecule has 10 aromatic rings. The summed E-state index contributed by atoms with van der Waals surface area (Å²) < 4.78 is 9.26. The van der Waals surface area contributed by atoms with Crippen molar-refractivity contribution in [1.82, 2.24) is 24.5 Å². The molecular formula is C46H29N5O. The van der Waals surface area contributed by atoms with E-state index >= 15 is 0 Å². The Labute approximate surface area is 299 Å². The largest absolute Gasteiger partial charge is 0.455 e. The van der Waals surface area contributed by atoms with E-state index in [9.17, 15) is 0 Å². The van der Waals surface area contributed by atoms with Gasteiger partial charge in [-0.25, -0.2) is 19.9 Å². The molecule has 0 amide bonds. The van der Waals surface area contributed by atoms with Crippen molar-refractivity contribution in [3.05, 3.63) is 176 Å². The third-order valence-corrected chi connectivity index (χ3v) is 9.46. The van der Waals surface area contributed by atoms with Gasteiger partial charge in [-0.05, 0) is 53.6 Å². The Morgan fingerprint density at radius 1 is 0.385 bits per heavy atom. The molecule has 52 heavy (non-hydrogen) atoms. The van der Waals surface area contributed by atoms with Crippen LogP contribution in [0.4, 0.5) is 0 Å². The van der Waals surface area contributed by atoms with Crippen molar-refractivity contribution in [2.75, 3.05) is 0 Å². The lowest BCUT2D eigenvalue weighted by Gasteiger charge is -2.11. The average Bonchev–Trinajstić information content (AvgIpc) is 3.81. The fraction of sp³-hybridized carbons (Fsp3) is 0. The van der Waals surface area contributed by atoms with E-state index < -0.39 is 0 Å². The van der Waals surface area contributed by atoms with E-state index in [0.29, 0.717) is 23.1 Å². The van der Waals surface area contributed by atoms with Crippen LogP contribution in [0.3, 0.4) is 0 Å². The molecule has 244 valence electrons. The van der Waals surface area contributed by atoms with Crippen molar-refractivity contribution >= 4 is 33.0 Å². The normalized spacial score (nSPS) is 11.5. The molecule has 0 atom stereocenters. The van der Waals surface area contributed by atoms with Crippen LogP contribution in [0.5, 0.6) is 0 Å². The summed E-state index contributed by atoms with van der Waals surface area (Å²) in [5.41, 5.74) is 10.1. The molecule has 0 fully saturated rings. The van der Waals surface area contributed by atoms with Gasteiger partial charge in [-0.2, -0.15) is 0 Å². The molecule has 6 heteroatoms. The Bertz CT molecular complexity index is 2820. The highest BCUT2D eigenvalue weighted by Gasteiger charge is 2.23. The zero-order valence-corrected chi connectivity index (χ0v) is 27.9. The molecular weight excluding hydrogens is 639 g/mol. The van der Waals surface area contributed by atoms with Crippen LogP contribution < -0.4 is 0 Å². The molecule has 7 aromatic carbocycles. The van der Waals surface area contributed by atoms with Crippen LogP contribution in [0.2, 0.25) is 0 Å². The molecule has 0 saturated carbocycles. The minimum atomic E-state index is 0.540. The molecule has 0 aliphatic heterocycles. The number of hydrogen-bond acceptors (Lipinski definition) is 5. The topological polar surface area (TPSA) is 69.6 Å². The van der Waals surface area contributed by atoms with E-state index in [4.69, 9.17) is 24.4 Å². The number of hydrogen-bond donors (Lipinski definition) is 0. The Kier molecular flexibility index (Phi) is 7.03. The van der Waals surface area contributed by atoms with Crippen LogP contribution in [0.15, 0.2) is 180 Å². The molecule has 3 aromatic heterocycles. The highest BCUT2D eigenvalue weighted by molar-refractivity contribution is 6.14. The molecule has 0 aliphatic carbocycles. The van der Waals surface area contributed by atoms with Crippen LogP contribution in [0.1, 0.15) is 0 Å². The maximum Gasteiger partial charge on any atom is 0.167 e. The summed E-state index contributed by atoms with van der Waals surface area (Å²) in [5.74, 6) is 2.54. The summed E-state index contributed by atoms with van der Waals surface area (Å²) in [4.78, 5) is 20.3. The Morgan fingerprint density at radius 2 is 0.942 bits per heavy atom. The lowest BCUT2D eigenvalue weighted by atomic mass is 9.98. The van der Waals surface area contributed by atoms with Gasteiger partial charge in [0.05, 0.1) is 22.2 Å². The molecule has 10 rings (SSSR count). The Morgan fingerprint density at radius 3 is 1.62 bits per heavy atom. The van der Waals surface area contributed by atoms with Gasteiger partial charge in [0.2, 0.25) is 0 Å². The molecule has 0 saturated heterocycles. The van der Waals surface area contributed by atoms with E-state index in [-0.39, 0.29) is 0 Å². The number of benzene rings is 7. The van der Waals surface area contributed by atoms with Crippen LogP contribution >= 0.6 is 0 Å². The number of fused-ring (bicyclic) bond motifs is 4. The molecule has 0 spiro atoms. The number of aromatic nitrogens is 5. The Hall–Kier alpha value is -7.18. The summed E-state index contributed by atoms with van der Waals surface area (Å²) in [6.45, 7) is 0. The predicted octanol–water partition coefficient (Wildman–Crippen LogP) is 11.4. The molecule has 0 N–H and O–H groups in total. The first-order chi connectivity index (χ1) is 25.8. The molecule has 6 nitrogen and oxygen atoms in total. The number of rotatable bonds is 6. The van der Waals surface area contributed by atoms with Gasteiger partial charge >= 0.3 is 0 Å². The van der Waals surface area contributed by atoms with Crippen LogP contribution in [0.25, 0.3) is 95.3 Å². The fourth-order valence-corrected chi connectivity index (χ4v) is 7.01. The first-order valence-corrected chi connectivity index (χ1v) is 17.2. The standard InChI is InChI=1S/C46H29N5O/c1-5-16-30(17-6-1)33-28-37-35-24-15-25-36(45-49-43(31-18-7-2-8-19-31)48-44(50-45)32-20-9-3-10-21-32)41(35)52-42(37)38(29-33)46-47-39-26-13-14-27-40(39)51(46)34-22-11-4-12-23-34/h1-29H. The van der Waals surface area contributed by atoms with Gasteiger partial charge in [-0.1, -0.05) is 133 Å². The highest BCUT2D eigenvalue weighted by Crippen LogP contribution is 2.43. The predicted molar refractivity (Wildman–Crippen MR) is 209 cm³/mol. The minimum Gasteiger partial charge on any atom is -0.455 e. The van der Waals surface area contributed by atoms with E-state index in [1.165, 1.54) is 0 Å². The van der Waals surface area contributed by atoms with Gasteiger partial charge < -0.3 is 4.42 Å². The number of furan rings is 1. The van der Waals surface area contributed by atoms with Gasteiger partial charge in [0.15, 0.2) is 17.5 Å². The van der Waals surface area contributed by atoms with Gasteiger partial charge in [0.1, 0.15) is 17.0 Å². The third kappa shape index (κ3) is 5.05. The molecule has 3 heterocycles. The fourth-order valence-electron chi connectivity index (χ4n) is 7.01. The van der Waals surface area contributed by atoms with Gasteiger partial charge in [0.25, 0.3) is 0 Å². The maximum atomic E-state index is 7.04. The smallest absolute Gasteiger partial charge is 0.167 e. The van der Waals surface area contributed by atoms with E-state index in [1.54, 1.807) is 0 Å². The van der Waals surface area contributed by atoms with Crippen LogP contribution in [-0.2, 0) is 0 Å². The van der Waals surface area contributed by atoms with Gasteiger partial charge in [0, 0.05) is 27.6 Å². The first-order valence-electron chi connectivity index (χ1n) is 17.2. The average molecular weight is 668 g/mol. The second kappa shape index (κ2) is 12.3. The van der Waals surface area contributed by atoms with Gasteiger partial charge in [-0.15, -0.1) is 0 Å².